The van der Waals surface area contributed by atoms with Crippen molar-refractivity contribution in [1.29, 1.82) is 0 Å². The Morgan fingerprint density at radius 1 is 0.667 bits per heavy atom. The zero-order valence-electron chi connectivity index (χ0n) is 1.39. The van der Waals surface area contributed by atoms with Crippen molar-refractivity contribution < 1.29 is 16.0 Å². The van der Waals surface area contributed by atoms with Crippen LogP contribution in [-0.4, -0.2) is 129 Å². The van der Waals surface area contributed by atoms with Crippen LogP contribution in [0.1, 0.15) is 0 Å². The van der Waals surface area contributed by atoms with Gasteiger partial charge < -0.3 is 5.48 Å². The van der Waals surface area contributed by atoms with E-state index in [1.165, 1.54) is 0 Å². The summed E-state index contributed by atoms with van der Waals surface area (Å²) in [5, 5.41) is 12.0. The molecule has 34 valence electrons. The molecule has 0 amide bonds. The first-order valence-corrected chi connectivity index (χ1v) is 0.200. The van der Waals surface area contributed by atoms with Crippen LogP contribution in [0.5, 0.6) is 0 Å². The zero-order chi connectivity index (χ0) is 2.00. The van der Waals surface area contributed by atoms with Crippen LogP contribution in [-0.2, 0) is 0 Å². The van der Waals surface area contributed by atoms with Crippen LogP contribution in [0.3, 0.4) is 0 Å². The van der Waals surface area contributed by atoms with Crippen LogP contribution in [0, 0.1) is 0 Å². The Labute approximate surface area is 126 Å². The second-order valence-electron chi connectivity index (χ2n) is 0. The maximum atomic E-state index is 6.00. The first-order chi connectivity index (χ1) is 1.00. The molecule has 0 aliphatic heterocycles. The first kappa shape index (κ1) is 33.4. The maximum absolute atomic E-state index is 6.00. The molecule has 6 heavy (non-hydrogen) atoms. The van der Waals surface area contributed by atoms with E-state index in [0.717, 1.165) is 0 Å². The molecule has 0 saturated heterocycles. The Morgan fingerprint density at radius 2 is 0.667 bits per heavy atom. The molecule has 0 spiro atoms. The quantitative estimate of drug-likeness (QED) is 0.229. The fraction of sp³-hybridized carbons (Fsp3) is 0. The summed E-state index contributed by atoms with van der Waals surface area (Å²) < 4.78 is 0. The summed E-state index contributed by atoms with van der Waals surface area (Å²) in [7, 11) is 0. The van der Waals surface area contributed by atoms with Gasteiger partial charge in [0.25, 0.3) is 0 Å². The van der Waals surface area contributed by atoms with Gasteiger partial charge >= 0.3 is 113 Å². The van der Waals surface area contributed by atoms with Crippen molar-refractivity contribution >= 4 is 113 Å². The Bertz CT molecular complexity index is 6.00. The van der Waals surface area contributed by atoms with E-state index >= 15 is 0 Å². The molecule has 0 bridgehead atoms. The zero-order valence-corrected chi connectivity index (χ0v) is 1.39. The van der Waals surface area contributed by atoms with E-state index in [4.69, 9.17) is 10.5 Å². The Hall–Kier alpha value is 3.66. The molecule has 6 heteroatoms. The summed E-state index contributed by atoms with van der Waals surface area (Å²) >= 11 is 0. The molecule has 0 aliphatic carbocycles. The molecule has 0 radical (unpaired) electrons. The van der Waals surface area contributed by atoms with Crippen molar-refractivity contribution in [2.75, 3.05) is 0 Å². The van der Waals surface area contributed by atoms with E-state index in [-0.39, 0.29) is 119 Å². The summed E-state index contributed by atoms with van der Waals surface area (Å²) in [5.74, 6) is 0. The van der Waals surface area contributed by atoms with E-state index < -0.39 is 0 Å². The van der Waals surface area contributed by atoms with Crippen molar-refractivity contribution in [3.05, 3.63) is 0 Å². The first-order valence-electron chi connectivity index (χ1n) is 0.200. The monoisotopic (exact) mass is 178 g/mol. The fourth-order valence-corrected chi connectivity index (χ4v) is 0. The molecule has 0 aliphatic rings. The van der Waals surface area contributed by atoms with Crippen LogP contribution in [0.4, 0.5) is 0 Å². The van der Waals surface area contributed by atoms with Gasteiger partial charge in [0.15, 0.2) is 0 Å². The summed E-state index contributed by atoms with van der Waals surface area (Å²) in [6, 6.07) is 0. The topological polar surface area (TPSA) is 72.0 Å². The van der Waals surface area contributed by atoms with E-state index in [0.29, 0.717) is 0 Å². The van der Waals surface area contributed by atoms with Gasteiger partial charge in [0.2, 0.25) is 0 Å². The van der Waals surface area contributed by atoms with E-state index in [1.54, 1.807) is 0 Å². The fourth-order valence-electron chi connectivity index (χ4n) is 0. The molecule has 0 rings (SSSR count). The SMILES string of the molecule is O.OO.[CaH2].[CaH2].[CaH2]. The van der Waals surface area contributed by atoms with Crippen molar-refractivity contribution in [2.45, 2.75) is 0 Å². The average molecular weight is 178 g/mol. The number of rotatable bonds is 0. The summed E-state index contributed by atoms with van der Waals surface area (Å²) in [6.07, 6.45) is 0. The predicted molar refractivity (Wildman–Crippen MR) is 34.5 cm³/mol. The minimum atomic E-state index is 0. The van der Waals surface area contributed by atoms with Crippen LogP contribution in [0.15, 0.2) is 0 Å². The molecule has 0 unspecified atom stereocenters. The van der Waals surface area contributed by atoms with Gasteiger partial charge in [-0.2, -0.15) is 0 Å². The Balaban J connectivity index is -0.000000000833. The third-order valence-corrected chi connectivity index (χ3v) is 0. The van der Waals surface area contributed by atoms with Crippen molar-refractivity contribution in [1.82, 2.24) is 0 Å². The van der Waals surface area contributed by atoms with Crippen molar-refractivity contribution in [2.24, 2.45) is 0 Å². The van der Waals surface area contributed by atoms with Crippen LogP contribution >= 0.6 is 0 Å². The molecule has 0 aromatic rings. The molecule has 0 atom stereocenters. The average Bonchev–Trinajstić information content (AvgIpc) is 1.00. The standard InChI is InChI=1S/3Ca.H2O2.H2O.6H/c;;;1-2;;;;;;;/h;;;1-2H;1H2;;;;;;. The molecular weight excluding hydrogens is 168 g/mol. The molecule has 0 aromatic heterocycles. The molecule has 3 nitrogen and oxygen atoms in total. The van der Waals surface area contributed by atoms with Crippen LogP contribution in [0.25, 0.3) is 0 Å². The molecule has 0 saturated carbocycles. The third kappa shape index (κ3) is 25.4. The predicted octanol–water partition coefficient (Wildman–Crippen LogP) is -3.56. The normalized spacial score (nSPS) is 1.00. The van der Waals surface area contributed by atoms with Crippen LogP contribution < -0.4 is 0 Å². The van der Waals surface area contributed by atoms with Crippen molar-refractivity contribution in [3.63, 3.8) is 0 Å². The van der Waals surface area contributed by atoms with Crippen molar-refractivity contribution in [3.8, 4) is 0 Å². The van der Waals surface area contributed by atoms with Gasteiger partial charge in [-0.25, -0.2) is 0 Å². The third-order valence-electron chi connectivity index (χ3n) is 0. The van der Waals surface area contributed by atoms with Gasteiger partial charge in [0, 0.05) is 0 Å². The van der Waals surface area contributed by atoms with E-state index in [9.17, 15) is 0 Å². The molecule has 0 heterocycles. The number of hydrogen-bond donors (Lipinski definition) is 2. The molecule has 0 aromatic carbocycles. The second-order valence-corrected chi connectivity index (χ2v) is 0. The van der Waals surface area contributed by atoms with Gasteiger partial charge in [-0.3, -0.25) is 10.5 Å². The van der Waals surface area contributed by atoms with E-state index in [1.807, 2.05) is 0 Å². The van der Waals surface area contributed by atoms with Gasteiger partial charge in [-0.05, 0) is 0 Å². The minimum absolute atomic E-state index is 0. The van der Waals surface area contributed by atoms with Gasteiger partial charge in [-0.1, -0.05) is 0 Å². The Morgan fingerprint density at radius 3 is 0.667 bits per heavy atom. The second kappa shape index (κ2) is 37.9. The van der Waals surface area contributed by atoms with Gasteiger partial charge in [0.1, 0.15) is 0 Å². The number of hydrogen-bond acceptors (Lipinski definition) is 2. The van der Waals surface area contributed by atoms with E-state index in [2.05, 4.69) is 0 Å². The molecule has 0 fully saturated rings. The van der Waals surface area contributed by atoms with Gasteiger partial charge in [-0.15, -0.1) is 0 Å². The summed E-state index contributed by atoms with van der Waals surface area (Å²) in [5.41, 5.74) is 0. The van der Waals surface area contributed by atoms with Gasteiger partial charge in [0.05, 0.1) is 0 Å². The van der Waals surface area contributed by atoms with Crippen LogP contribution in [0.2, 0.25) is 0 Å². The summed E-state index contributed by atoms with van der Waals surface area (Å²) in [6.45, 7) is 0. The molecule has 4 N–H and O–H groups in total. The molecular formula is H10Ca3O3. The Kier molecular flexibility index (Phi) is 211. The summed E-state index contributed by atoms with van der Waals surface area (Å²) in [4.78, 5) is 0.